The third-order valence-corrected chi connectivity index (χ3v) is 4.79. The van der Waals surface area contributed by atoms with Crippen LogP contribution in [0.3, 0.4) is 0 Å². The number of hydrogen-bond acceptors (Lipinski definition) is 3. The van der Waals surface area contributed by atoms with E-state index < -0.39 is 0 Å². The normalized spacial score (nSPS) is 18.1. The number of carbonyl (C=O) groups excluding carboxylic acids is 1. The van der Waals surface area contributed by atoms with Crippen LogP contribution in [0.5, 0.6) is 0 Å². The highest BCUT2D eigenvalue weighted by molar-refractivity contribution is 5.85. The number of nitrogens with one attached hydrogen (secondary N) is 2. The Bertz CT molecular complexity index is 457. The van der Waals surface area contributed by atoms with Crippen molar-refractivity contribution in [2.45, 2.75) is 44.6 Å². The van der Waals surface area contributed by atoms with Gasteiger partial charge in [-0.3, -0.25) is 4.79 Å². The lowest BCUT2D eigenvalue weighted by Crippen LogP contribution is -2.46. The van der Waals surface area contributed by atoms with Gasteiger partial charge in [0.1, 0.15) is 0 Å². The van der Waals surface area contributed by atoms with E-state index in [9.17, 15) is 4.79 Å². The van der Waals surface area contributed by atoms with Crippen LogP contribution >= 0.6 is 12.4 Å². The predicted molar refractivity (Wildman–Crippen MR) is 96.2 cm³/mol. The first-order valence-electron chi connectivity index (χ1n) is 8.33. The molecule has 23 heavy (non-hydrogen) atoms. The van der Waals surface area contributed by atoms with Gasteiger partial charge in [0.15, 0.2) is 0 Å². The maximum absolute atomic E-state index is 12.2. The molecule has 2 rings (SSSR count). The first-order valence-corrected chi connectivity index (χ1v) is 8.33. The number of carbonyl (C=O) groups is 1. The van der Waals surface area contributed by atoms with Crippen LogP contribution in [0.25, 0.3) is 0 Å². The Morgan fingerprint density at radius 2 is 2.00 bits per heavy atom. The van der Waals surface area contributed by atoms with Crippen molar-refractivity contribution in [3.05, 3.63) is 35.9 Å². The summed E-state index contributed by atoms with van der Waals surface area (Å²) in [6, 6.07) is 10.6. The van der Waals surface area contributed by atoms with Crippen LogP contribution in [-0.2, 0) is 14.9 Å². The molecule has 0 aliphatic carbocycles. The minimum Gasteiger partial charge on any atom is -0.378 e. The summed E-state index contributed by atoms with van der Waals surface area (Å²) in [5.74, 6) is 0.102. The highest BCUT2D eigenvalue weighted by Gasteiger charge is 2.29. The fourth-order valence-electron chi connectivity index (χ4n) is 3.12. The fourth-order valence-corrected chi connectivity index (χ4v) is 3.12. The van der Waals surface area contributed by atoms with Crippen LogP contribution in [0, 0.1) is 0 Å². The second kappa shape index (κ2) is 9.91. The maximum atomic E-state index is 12.2. The molecule has 5 heteroatoms. The minimum atomic E-state index is 0. The van der Waals surface area contributed by atoms with Crippen molar-refractivity contribution in [3.63, 3.8) is 0 Å². The van der Waals surface area contributed by atoms with Gasteiger partial charge in [-0.15, -0.1) is 12.4 Å². The van der Waals surface area contributed by atoms with E-state index in [0.717, 1.165) is 26.0 Å². The zero-order valence-corrected chi connectivity index (χ0v) is 15.0. The number of benzene rings is 1. The topological polar surface area (TPSA) is 50.4 Å². The highest BCUT2D eigenvalue weighted by atomic mass is 35.5. The van der Waals surface area contributed by atoms with Gasteiger partial charge in [0.25, 0.3) is 0 Å². The SMILES string of the molecule is CCC(CC)(CNC(=O)CC1COCCN1)c1ccccc1.Cl. The number of hydrogen-bond donors (Lipinski definition) is 2. The molecule has 0 radical (unpaired) electrons. The third kappa shape index (κ3) is 5.48. The molecule has 4 nitrogen and oxygen atoms in total. The third-order valence-electron chi connectivity index (χ3n) is 4.79. The van der Waals surface area contributed by atoms with Gasteiger partial charge in [-0.2, -0.15) is 0 Å². The lowest BCUT2D eigenvalue weighted by atomic mass is 9.76. The van der Waals surface area contributed by atoms with E-state index in [4.69, 9.17) is 4.74 Å². The van der Waals surface area contributed by atoms with E-state index in [1.54, 1.807) is 0 Å². The van der Waals surface area contributed by atoms with Crippen molar-refractivity contribution in [1.82, 2.24) is 10.6 Å². The molecule has 2 N–H and O–H groups in total. The Kier molecular flexibility index (Phi) is 8.59. The molecule has 0 spiro atoms. The van der Waals surface area contributed by atoms with Gasteiger partial charge in [0, 0.05) is 31.0 Å². The molecule has 1 fully saturated rings. The highest BCUT2D eigenvalue weighted by Crippen LogP contribution is 2.30. The molecule has 1 saturated heterocycles. The summed E-state index contributed by atoms with van der Waals surface area (Å²) in [6.07, 6.45) is 2.51. The summed E-state index contributed by atoms with van der Waals surface area (Å²) in [7, 11) is 0. The van der Waals surface area contributed by atoms with E-state index in [0.29, 0.717) is 19.6 Å². The van der Waals surface area contributed by atoms with E-state index in [2.05, 4.69) is 48.7 Å². The molecule has 1 aromatic carbocycles. The van der Waals surface area contributed by atoms with Gasteiger partial charge < -0.3 is 15.4 Å². The molecular formula is C18H29ClN2O2. The molecule has 1 heterocycles. The number of rotatable bonds is 7. The van der Waals surface area contributed by atoms with Crippen molar-refractivity contribution >= 4 is 18.3 Å². The molecule has 130 valence electrons. The Hall–Kier alpha value is -1.10. The fraction of sp³-hybridized carbons (Fsp3) is 0.611. The molecular weight excluding hydrogens is 312 g/mol. The molecule has 0 aromatic heterocycles. The Balaban J connectivity index is 0.00000264. The van der Waals surface area contributed by atoms with E-state index >= 15 is 0 Å². The first kappa shape index (κ1) is 19.9. The molecule has 1 unspecified atom stereocenters. The van der Waals surface area contributed by atoms with Crippen LogP contribution < -0.4 is 10.6 Å². The lowest BCUT2D eigenvalue weighted by Gasteiger charge is -2.33. The lowest BCUT2D eigenvalue weighted by molar-refractivity contribution is -0.122. The first-order chi connectivity index (χ1) is 10.7. The quantitative estimate of drug-likeness (QED) is 0.802. The standard InChI is InChI=1S/C18H28N2O2.ClH/c1-3-18(4-2,15-8-6-5-7-9-15)14-20-17(21)12-16-13-22-11-10-19-16;/h5-9,16,19H,3-4,10-14H2,1-2H3,(H,20,21);1H. The molecule has 0 bridgehead atoms. The summed E-state index contributed by atoms with van der Waals surface area (Å²) in [5.41, 5.74) is 1.33. The van der Waals surface area contributed by atoms with Gasteiger partial charge in [-0.1, -0.05) is 44.2 Å². The molecule has 1 amide bonds. The van der Waals surface area contributed by atoms with E-state index in [-0.39, 0.29) is 29.8 Å². The van der Waals surface area contributed by atoms with Gasteiger partial charge in [0.2, 0.25) is 5.91 Å². The number of amides is 1. The van der Waals surface area contributed by atoms with Gasteiger partial charge >= 0.3 is 0 Å². The summed E-state index contributed by atoms with van der Waals surface area (Å²) in [5, 5.41) is 6.46. The summed E-state index contributed by atoms with van der Waals surface area (Å²) < 4.78 is 5.40. The Morgan fingerprint density at radius 3 is 2.57 bits per heavy atom. The largest absolute Gasteiger partial charge is 0.378 e. The average Bonchev–Trinajstić information content (AvgIpc) is 2.58. The van der Waals surface area contributed by atoms with Crippen LogP contribution in [0.4, 0.5) is 0 Å². The average molecular weight is 341 g/mol. The van der Waals surface area contributed by atoms with E-state index in [1.165, 1.54) is 5.56 Å². The van der Waals surface area contributed by atoms with Crippen LogP contribution in [0.2, 0.25) is 0 Å². The van der Waals surface area contributed by atoms with Crippen LogP contribution in [0.1, 0.15) is 38.7 Å². The molecule has 1 atom stereocenters. The minimum absolute atomic E-state index is 0. The maximum Gasteiger partial charge on any atom is 0.221 e. The Labute approximate surface area is 145 Å². The molecule has 1 aromatic rings. The zero-order chi connectivity index (χ0) is 15.8. The summed E-state index contributed by atoms with van der Waals surface area (Å²) in [4.78, 5) is 12.2. The molecule has 1 aliphatic heterocycles. The van der Waals surface area contributed by atoms with Crippen molar-refractivity contribution in [3.8, 4) is 0 Å². The summed E-state index contributed by atoms with van der Waals surface area (Å²) in [6.45, 7) is 7.27. The zero-order valence-electron chi connectivity index (χ0n) is 14.1. The smallest absolute Gasteiger partial charge is 0.221 e. The number of halogens is 1. The number of ether oxygens (including phenoxy) is 1. The summed E-state index contributed by atoms with van der Waals surface area (Å²) >= 11 is 0. The Morgan fingerprint density at radius 1 is 1.30 bits per heavy atom. The van der Waals surface area contributed by atoms with Crippen molar-refractivity contribution < 1.29 is 9.53 Å². The van der Waals surface area contributed by atoms with E-state index in [1.807, 2.05) is 6.07 Å². The van der Waals surface area contributed by atoms with Crippen LogP contribution in [0.15, 0.2) is 30.3 Å². The molecule has 0 saturated carbocycles. The van der Waals surface area contributed by atoms with Crippen molar-refractivity contribution in [2.24, 2.45) is 0 Å². The monoisotopic (exact) mass is 340 g/mol. The van der Waals surface area contributed by atoms with Crippen molar-refractivity contribution in [2.75, 3.05) is 26.3 Å². The van der Waals surface area contributed by atoms with Crippen LogP contribution in [-0.4, -0.2) is 38.3 Å². The second-order valence-corrected chi connectivity index (χ2v) is 6.06. The van der Waals surface area contributed by atoms with Gasteiger partial charge in [-0.25, -0.2) is 0 Å². The predicted octanol–water partition coefficient (Wildman–Crippen LogP) is 2.66. The van der Waals surface area contributed by atoms with Crippen molar-refractivity contribution in [1.29, 1.82) is 0 Å². The van der Waals surface area contributed by atoms with Gasteiger partial charge in [-0.05, 0) is 18.4 Å². The second-order valence-electron chi connectivity index (χ2n) is 6.06. The number of morpholine rings is 1. The van der Waals surface area contributed by atoms with Gasteiger partial charge in [0.05, 0.1) is 13.2 Å². The molecule has 1 aliphatic rings.